The molecule has 0 heterocycles. The topological polar surface area (TPSA) is 96.3 Å². The van der Waals surface area contributed by atoms with Crippen LogP contribution in [0.2, 0.25) is 0 Å². The van der Waals surface area contributed by atoms with Crippen LogP contribution < -0.4 is 4.74 Å². The number of ether oxygens (including phenoxy) is 2. The molecule has 22 heavy (non-hydrogen) atoms. The Balaban J connectivity index is 0.000000626. The lowest BCUT2D eigenvalue weighted by Crippen LogP contribution is -2.19. The van der Waals surface area contributed by atoms with Gasteiger partial charge in [-0.3, -0.25) is 0 Å². The van der Waals surface area contributed by atoms with Crippen molar-refractivity contribution in [1.82, 2.24) is 4.90 Å². The van der Waals surface area contributed by atoms with E-state index in [1.807, 2.05) is 38.4 Å². The number of benzene rings is 1. The van der Waals surface area contributed by atoms with E-state index < -0.39 is 11.9 Å². The molecule has 2 N–H and O–H groups in total. The Labute approximate surface area is 137 Å². The molecule has 7 nitrogen and oxygen atoms in total. The number of aliphatic carboxylic acids is 2. The average Bonchev–Trinajstić information content (AvgIpc) is 2.44. The number of para-hydroxylation sites is 1. The smallest absolute Gasteiger partial charge is 0.414 e. The van der Waals surface area contributed by atoms with Crippen LogP contribution in [-0.4, -0.2) is 67.5 Å². The maximum Gasteiger partial charge on any atom is 0.414 e. The molecule has 0 atom stereocenters. The molecule has 0 aromatic heterocycles. The van der Waals surface area contributed by atoms with Crippen LogP contribution in [0, 0.1) is 0 Å². The lowest BCUT2D eigenvalue weighted by Gasteiger charge is -2.11. The highest BCUT2D eigenvalue weighted by molar-refractivity contribution is 9.10. The molecule has 0 saturated heterocycles. The van der Waals surface area contributed by atoms with Gasteiger partial charge in [0.15, 0.2) is 0 Å². The predicted molar refractivity (Wildman–Crippen MR) is 84.3 cm³/mol. The largest absolute Gasteiger partial charge is 0.490 e. The molecule has 0 saturated carbocycles. The maximum absolute atomic E-state index is 9.10. The average molecular weight is 378 g/mol. The van der Waals surface area contributed by atoms with Crippen LogP contribution in [0.4, 0.5) is 0 Å². The second kappa shape index (κ2) is 12.0. The fourth-order valence-electron chi connectivity index (χ4n) is 1.12. The van der Waals surface area contributed by atoms with Gasteiger partial charge in [-0.1, -0.05) is 12.1 Å². The summed E-state index contributed by atoms with van der Waals surface area (Å²) in [6.45, 7) is 2.88. The number of likely N-dealkylation sites (N-methyl/N-ethyl adjacent to an activating group) is 1. The Morgan fingerprint density at radius 1 is 1.09 bits per heavy atom. The van der Waals surface area contributed by atoms with Crippen LogP contribution in [-0.2, 0) is 14.3 Å². The number of carbonyl (C=O) groups is 2. The van der Waals surface area contributed by atoms with Crippen molar-refractivity contribution in [3.63, 3.8) is 0 Å². The van der Waals surface area contributed by atoms with Crippen molar-refractivity contribution in [2.75, 3.05) is 40.5 Å². The Kier molecular flexibility index (Phi) is 11.1. The second-order valence-corrected chi connectivity index (χ2v) is 5.16. The number of rotatable bonds is 7. The highest BCUT2D eigenvalue weighted by Crippen LogP contribution is 2.23. The minimum absolute atomic E-state index is 0.579. The van der Waals surface area contributed by atoms with Gasteiger partial charge in [0.25, 0.3) is 0 Å². The van der Waals surface area contributed by atoms with Gasteiger partial charge < -0.3 is 24.6 Å². The number of halogens is 1. The minimum atomic E-state index is -1.82. The van der Waals surface area contributed by atoms with Crippen LogP contribution in [0.1, 0.15) is 0 Å². The highest BCUT2D eigenvalue weighted by atomic mass is 79.9. The Hall–Kier alpha value is -1.64. The first-order chi connectivity index (χ1) is 10.3. The molecule has 0 fully saturated rings. The van der Waals surface area contributed by atoms with Gasteiger partial charge in [0.1, 0.15) is 12.4 Å². The van der Waals surface area contributed by atoms with E-state index in [0.717, 1.165) is 23.4 Å². The first kappa shape index (κ1) is 20.4. The molecule has 124 valence electrons. The normalized spacial score (nSPS) is 9.82. The number of carboxylic acids is 2. The molecule has 0 bridgehead atoms. The lowest BCUT2D eigenvalue weighted by molar-refractivity contribution is -0.159. The van der Waals surface area contributed by atoms with Crippen LogP contribution in [0.25, 0.3) is 0 Å². The summed E-state index contributed by atoms with van der Waals surface area (Å²) < 4.78 is 12.0. The zero-order valence-corrected chi connectivity index (χ0v) is 14.1. The van der Waals surface area contributed by atoms with E-state index in [1.54, 1.807) is 0 Å². The fraction of sp³-hybridized carbons (Fsp3) is 0.429. The number of nitrogens with zero attached hydrogens (tertiary/aromatic N) is 1. The first-order valence-electron chi connectivity index (χ1n) is 6.40. The summed E-state index contributed by atoms with van der Waals surface area (Å²) in [5.74, 6) is -2.79. The van der Waals surface area contributed by atoms with Crippen LogP contribution in [0.5, 0.6) is 5.75 Å². The third-order valence-corrected chi connectivity index (χ3v) is 2.84. The Bertz CT molecular complexity index is 454. The summed E-state index contributed by atoms with van der Waals surface area (Å²) in [7, 11) is 4.06. The van der Waals surface area contributed by atoms with Crippen molar-refractivity contribution in [1.29, 1.82) is 0 Å². The molecule has 0 amide bonds. The minimum Gasteiger partial charge on any atom is -0.490 e. The molecule has 0 radical (unpaired) electrons. The SMILES string of the molecule is CN(C)CCOCCOc1ccccc1Br.O=C(O)C(=O)O. The van der Waals surface area contributed by atoms with Gasteiger partial charge in [0, 0.05) is 6.54 Å². The summed E-state index contributed by atoms with van der Waals surface area (Å²) in [6.07, 6.45) is 0. The molecule has 1 aromatic carbocycles. The fourth-order valence-corrected chi connectivity index (χ4v) is 1.52. The third-order valence-electron chi connectivity index (χ3n) is 2.19. The van der Waals surface area contributed by atoms with E-state index in [4.69, 9.17) is 29.3 Å². The molecule has 1 aromatic rings. The summed E-state index contributed by atoms with van der Waals surface area (Å²) >= 11 is 3.43. The lowest BCUT2D eigenvalue weighted by atomic mass is 10.3. The predicted octanol–water partition coefficient (Wildman–Crippen LogP) is 1.56. The van der Waals surface area contributed by atoms with Crippen molar-refractivity contribution >= 4 is 27.9 Å². The van der Waals surface area contributed by atoms with Gasteiger partial charge >= 0.3 is 11.9 Å². The quantitative estimate of drug-likeness (QED) is 0.549. The first-order valence-corrected chi connectivity index (χ1v) is 7.20. The van der Waals surface area contributed by atoms with Gasteiger partial charge in [-0.05, 0) is 42.2 Å². The van der Waals surface area contributed by atoms with Crippen LogP contribution >= 0.6 is 15.9 Å². The number of hydrogen-bond acceptors (Lipinski definition) is 5. The standard InChI is InChI=1S/C12H18BrNO2.C2H2O4/c1-14(2)7-8-15-9-10-16-12-6-4-3-5-11(12)13;3-1(4)2(5)6/h3-6H,7-10H2,1-2H3;(H,3,4)(H,5,6). The molecular formula is C14H20BrNO6. The molecule has 0 aliphatic rings. The van der Waals surface area contributed by atoms with Gasteiger partial charge in [-0.2, -0.15) is 0 Å². The molecule has 0 unspecified atom stereocenters. The third kappa shape index (κ3) is 11.1. The summed E-state index contributed by atoms with van der Waals surface area (Å²) in [6, 6.07) is 7.81. The summed E-state index contributed by atoms with van der Waals surface area (Å²) in [5, 5.41) is 14.8. The molecule has 1 rings (SSSR count). The van der Waals surface area contributed by atoms with Crippen LogP contribution in [0.3, 0.4) is 0 Å². The Morgan fingerprint density at radius 2 is 1.68 bits per heavy atom. The van der Waals surface area contributed by atoms with Crippen molar-refractivity contribution in [2.45, 2.75) is 0 Å². The van der Waals surface area contributed by atoms with Crippen molar-refractivity contribution in [3.05, 3.63) is 28.7 Å². The highest BCUT2D eigenvalue weighted by Gasteiger charge is 2.04. The molecule has 8 heteroatoms. The van der Waals surface area contributed by atoms with Crippen molar-refractivity contribution < 1.29 is 29.3 Å². The van der Waals surface area contributed by atoms with Gasteiger partial charge in [0.05, 0.1) is 17.7 Å². The number of hydrogen-bond donors (Lipinski definition) is 2. The van der Waals surface area contributed by atoms with Gasteiger partial charge in [0.2, 0.25) is 0 Å². The van der Waals surface area contributed by atoms with Gasteiger partial charge in [-0.25, -0.2) is 9.59 Å². The van der Waals surface area contributed by atoms with E-state index in [2.05, 4.69) is 20.8 Å². The maximum atomic E-state index is 9.10. The van der Waals surface area contributed by atoms with Crippen molar-refractivity contribution in [3.8, 4) is 5.75 Å². The molecule has 0 aliphatic heterocycles. The zero-order chi connectivity index (χ0) is 17.0. The van der Waals surface area contributed by atoms with Gasteiger partial charge in [-0.15, -0.1) is 0 Å². The summed E-state index contributed by atoms with van der Waals surface area (Å²) in [5.41, 5.74) is 0. The second-order valence-electron chi connectivity index (χ2n) is 4.30. The molecule has 0 spiro atoms. The van der Waals surface area contributed by atoms with Crippen molar-refractivity contribution in [2.24, 2.45) is 0 Å². The van der Waals surface area contributed by atoms with E-state index in [9.17, 15) is 0 Å². The summed E-state index contributed by atoms with van der Waals surface area (Å²) in [4.78, 5) is 20.3. The van der Waals surface area contributed by atoms with Crippen LogP contribution in [0.15, 0.2) is 28.7 Å². The molecular weight excluding hydrogens is 358 g/mol. The van der Waals surface area contributed by atoms with E-state index in [0.29, 0.717) is 13.2 Å². The monoisotopic (exact) mass is 377 g/mol. The van der Waals surface area contributed by atoms with E-state index in [-0.39, 0.29) is 0 Å². The van der Waals surface area contributed by atoms with E-state index >= 15 is 0 Å². The number of carboxylic acid groups (broad SMARTS) is 2. The Morgan fingerprint density at radius 3 is 2.18 bits per heavy atom. The molecule has 0 aliphatic carbocycles. The zero-order valence-electron chi connectivity index (χ0n) is 12.5. The van der Waals surface area contributed by atoms with E-state index in [1.165, 1.54) is 0 Å².